The van der Waals surface area contributed by atoms with Gasteiger partial charge >= 0.3 is 0 Å². The molecular formula is C27H37N3O4. The van der Waals surface area contributed by atoms with E-state index in [1.54, 1.807) is 13.8 Å². The number of carbonyl (C=O) groups excluding carboxylic acids is 1. The zero-order valence-corrected chi connectivity index (χ0v) is 20.7. The summed E-state index contributed by atoms with van der Waals surface area (Å²) in [6.07, 6.45) is 4.20. The number of rotatable bonds is 5. The molecule has 2 aliphatic heterocycles. The fourth-order valence-corrected chi connectivity index (χ4v) is 5.97. The van der Waals surface area contributed by atoms with Crippen LogP contribution in [-0.4, -0.2) is 69.6 Å². The molecule has 1 saturated carbocycles. The highest BCUT2D eigenvalue weighted by molar-refractivity contribution is 5.96. The van der Waals surface area contributed by atoms with Gasteiger partial charge < -0.3 is 20.3 Å². The first-order valence-electron chi connectivity index (χ1n) is 12.5. The Balaban J connectivity index is 1.29. The van der Waals surface area contributed by atoms with E-state index in [-0.39, 0.29) is 23.3 Å². The summed E-state index contributed by atoms with van der Waals surface area (Å²) < 4.78 is 5.54. The number of likely N-dealkylation sites (tertiary alicyclic amines) is 1. The third-order valence-corrected chi connectivity index (χ3v) is 8.44. The van der Waals surface area contributed by atoms with E-state index in [9.17, 15) is 15.0 Å². The lowest BCUT2D eigenvalue weighted by Gasteiger charge is -2.44. The maximum absolute atomic E-state index is 12.6. The molecule has 1 aromatic carbocycles. The number of aliphatic hydroxyl groups is 2. The molecule has 7 nitrogen and oxygen atoms in total. The van der Waals surface area contributed by atoms with Gasteiger partial charge in [0.1, 0.15) is 5.82 Å². The number of aliphatic hydroxyl groups excluding tert-OH is 1. The molecule has 3 N–H and O–H groups in total. The van der Waals surface area contributed by atoms with Gasteiger partial charge in [0, 0.05) is 17.5 Å². The van der Waals surface area contributed by atoms with E-state index in [0.717, 1.165) is 36.7 Å². The lowest BCUT2D eigenvalue weighted by Crippen LogP contribution is -2.56. The molecule has 5 rings (SSSR count). The number of hydrogen-bond donors (Lipinski definition) is 3. The van der Waals surface area contributed by atoms with Crippen molar-refractivity contribution in [1.82, 2.24) is 9.88 Å². The number of aromatic nitrogens is 1. The molecule has 3 fully saturated rings. The Hall–Kier alpha value is -2.06. The summed E-state index contributed by atoms with van der Waals surface area (Å²) in [6, 6.07) is 6.41. The highest BCUT2D eigenvalue weighted by Gasteiger charge is 2.51. The van der Waals surface area contributed by atoms with Crippen molar-refractivity contribution >= 4 is 22.5 Å². The lowest BCUT2D eigenvalue weighted by atomic mass is 9.83. The molecule has 3 aliphatic rings. The van der Waals surface area contributed by atoms with Gasteiger partial charge in [-0.25, -0.2) is 4.98 Å². The number of amides is 1. The smallest absolute Gasteiger partial charge is 0.229 e. The maximum atomic E-state index is 12.6. The summed E-state index contributed by atoms with van der Waals surface area (Å²) in [5.74, 6) is 0.819. The summed E-state index contributed by atoms with van der Waals surface area (Å²) >= 11 is 0. The first kappa shape index (κ1) is 23.7. The van der Waals surface area contributed by atoms with E-state index in [0.29, 0.717) is 31.4 Å². The summed E-state index contributed by atoms with van der Waals surface area (Å²) in [6.45, 7) is 10.7. The zero-order chi connectivity index (χ0) is 24.3. The van der Waals surface area contributed by atoms with Gasteiger partial charge in [-0.3, -0.25) is 9.69 Å². The van der Waals surface area contributed by atoms with Crippen LogP contribution in [0.15, 0.2) is 24.4 Å². The molecule has 184 valence electrons. The Bertz CT molecular complexity index is 1090. The van der Waals surface area contributed by atoms with Crippen molar-refractivity contribution in [3.63, 3.8) is 0 Å². The molecule has 3 heterocycles. The molecule has 1 aromatic heterocycles. The second kappa shape index (κ2) is 8.55. The summed E-state index contributed by atoms with van der Waals surface area (Å²) in [5, 5.41) is 25.7. The van der Waals surface area contributed by atoms with Gasteiger partial charge in [-0.1, -0.05) is 6.07 Å². The monoisotopic (exact) mass is 467 g/mol. The number of nitrogens with one attached hydrogen (secondary N) is 1. The van der Waals surface area contributed by atoms with E-state index in [2.05, 4.69) is 41.2 Å². The number of carbonyl (C=O) groups is 1. The fourth-order valence-electron chi connectivity index (χ4n) is 5.97. The molecule has 1 aliphatic carbocycles. The maximum Gasteiger partial charge on any atom is 0.229 e. The number of anilines is 1. The van der Waals surface area contributed by atoms with E-state index < -0.39 is 11.7 Å². The minimum atomic E-state index is -0.832. The quantitative estimate of drug-likeness (QED) is 0.625. The highest BCUT2D eigenvalue weighted by Crippen LogP contribution is 2.46. The fraction of sp³-hybridized carbons (Fsp3) is 0.630. The van der Waals surface area contributed by atoms with Gasteiger partial charge in [-0.2, -0.15) is 0 Å². The minimum absolute atomic E-state index is 0.00671. The average molecular weight is 468 g/mol. The molecule has 0 bridgehead atoms. The number of aryl methyl sites for hydroxylation is 1. The lowest BCUT2D eigenvalue weighted by molar-refractivity contribution is -0.118. The van der Waals surface area contributed by atoms with Crippen molar-refractivity contribution in [2.45, 2.75) is 70.1 Å². The summed E-state index contributed by atoms with van der Waals surface area (Å²) in [5.41, 5.74) is 1.51. The summed E-state index contributed by atoms with van der Waals surface area (Å²) in [4.78, 5) is 19.5. The van der Waals surface area contributed by atoms with Crippen molar-refractivity contribution in [2.75, 3.05) is 31.6 Å². The molecule has 4 atom stereocenters. The Morgan fingerprint density at radius 1 is 1.24 bits per heavy atom. The molecule has 7 heteroatoms. The minimum Gasteiger partial charge on any atom is -0.390 e. The normalized spacial score (nSPS) is 30.6. The van der Waals surface area contributed by atoms with E-state index in [4.69, 9.17) is 4.74 Å². The molecule has 34 heavy (non-hydrogen) atoms. The van der Waals surface area contributed by atoms with Crippen molar-refractivity contribution in [3.05, 3.63) is 35.5 Å². The first-order valence-corrected chi connectivity index (χ1v) is 12.5. The molecule has 0 spiro atoms. The van der Waals surface area contributed by atoms with Crippen LogP contribution >= 0.6 is 0 Å². The number of pyridine rings is 1. The van der Waals surface area contributed by atoms with Crippen LogP contribution in [-0.2, 0) is 9.53 Å². The van der Waals surface area contributed by atoms with Crippen LogP contribution in [0.2, 0.25) is 0 Å². The van der Waals surface area contributed by atoms with Crippen molar-refractivity contribution in [1.29, 1.82) is 0 Å². The Kier molecular flexibility index (Phi) is 5.96. The summed E-state index contributed by atoms with van der Waals surface area (Å²) in [7, 11) is 0. The van der Waals surface area contributed by atoms with E-state index >= 15 is 0 Å². The van der Waals surface area contributed by atoms with Crippen LogP contribution in [0.25, 0.3) is 10.8 Å². The molecular weight excluding hydrogens is 430 g/mol. The average Bonchev–Trinajstić information content (AvgIpc) is 3.54. The predicted octanol–water partition coefficient (Wildman–Crippen LogP) is 3.22. The SMILES string of the molecule is Cc1cc2cnc(NC(=O)C3CC3C(C)(C)O)cc2cc1C1CCN(C2(C)COCC2O)CC1. The van der Waals surface area contributed by atoms with Crippen molar-refractivity contribution in [3.8, 4) is 0 Å². The molecule has 2 saturated heterocycles. The number of ether oxygens (including phenoxy) is 1. The first-order chi connectivity index (χ1) is 16.1. The van der Waals surface area contributed by atoms with Crippen LogP contribution in [0.1, 0.15) is 57.1 Å². The molecule has 0 radical (unpaired) electrons. The van der Waals surface area contributed by atoms with Gasteiger partial charge in [0.05, 0.1) is 30.5 Å². The van der Waals surface area contributed by atoms with Crippen LogP contribution < -0.4 is 5.32 Å². The molecule has 4 unspecified atom stereocenters. The van der Waals surface area contributed by atoms with Gasteiger partial charge in [0.25, 0.3) is 0 Å². The standard InChI is InChI=1S/C27H37N3O4/c1-16-9-19-13-28-24(29-25(32)21-12-22(21)26(2,3)33)11-18(19)10-20(16)17-5-7-30(8-6-17)27(4)15-34-14-23(27)31/h9-11,13,17,21-23,31,33H,5-8,12,14-15H2,1-4H3,(H,28,29,32). The second-order valence-electron chi connectivity index (χ2n) is 11.4. The molecule has 1 amide bonds. The largest absolute Gasteiger partial charge is 0.390 e. The van der Waals surface area contributed by atoms with Gasteiger partial charge in [0.15, 0.2) is 0 Å². The van der Waals surface area contributed by atoms with Crippen LogP contribution in [0, 0.1) is 18.8 Å². The Morgan fingerprint density at radius 3 is 2.59 bits per heavy atom. The van der Waals surface area contributed by atoms with Crippen LogP contribution in [0.3, 0.4) is 0 Å². The number of fused-ring (bicyclic) bond motifs is 1. The van der Waals surface area contributed by atoms with E-state index in [1.807, 2.05) is 12.3 Å². The number of piperidine rings is 1. The number of benzene rings is 1. The Labute approximate surface area is 201 Å². The van der Waals surface area contributed by atoms with Gasteiger partial charge in [-0.05, 0) is 101 Å². The second-order valence-corrected chi connectivity index (χ2v) is 11.4. The highest BCUT2D eigenvalue weighted by atomic mass is 16.5. The van der Waals surface area contributed by atoms with Crippen LogP contribution in [0.4, 0.5) is 5.82 Å². The topological polar surface area (TPSA) is 94.9 Å². The zero-order valence-electron chi connectivity index (χ0n) is 20.7. The Morgan fingerprint density at radius 2 is 1.97 bits per heavy atom. The van der Waals surface area contributed by atoms with Gasteiger partial charge in [0.2, 0.25) is 5.91 Å². The predicted molar refractivity (Wildman–Crippen MR) is 132 cm³/mol. The van der Waals surface area contributed by atoms with Gasteiger partial charge in [-0.15, -0.1) is 0 Å². The van der Waals surface area contributed by atoms with Crippen LogP contribution in [0.5, 0.6) is 0 Å². The third kappa shape index (κ3) is 4.35. The van der Waals surface area contributed by atoms with E-state index in [1.165, 1.54) is 11.1 Å². The van der Waals surface area contributed by atoms with Crippen molar-refractivity contribution in [2.24, 2.45) is 11.8 Å². The third-order valence-electron chi connectivity index (χ3n) is 8.44. The number of hydrogen-bond acceptors (Lipinski definition) is 6. The number of nitrogens with zero attached hydrogens (tertiary/aromatic N) is 2. The van der Waals surface area contributed by atoms with Crippen molar-refractivity contribution < 1.29 is 19.7 Å². The molecule has 2 aromatic rings.